The van der Waals surface area contributed by atoms with Gasteiger partial charge < -0.3 is 4.90 Å². The number of hydrogen-bond acceptors (Lipinski definition) is 4. The summed E-state index contributed by atoms with van der Waals surface area (Å²) in [6, 6.07) is 14.7. The fourth-order valence-corrected chi connectivity index (χ4v) is 3.85. The first kappa shape index (κ1) is 23.0. The molecule has 3 aromatic rings. The van der Waals surface area contributed by atoms with Gasteiger partial charge in [-0.15, -0.1) is 0 Å². The van der Waals surface area contributed by atoms with E-state index in [0.29, 0.717) is 6.07 Å². The minimum atomic E-state index is -4.81. The van der Waals surface area contributed by atoms with Gasteiger partial charge in [-0.3, -0.25) is 9.78 Å². The molecule has 0 unspecified atom stereocenters. The summed E-state index contributed by atoms with van der Waals surface area (Å²) in [5.74, 6) is -0.651. The summed E-state index contributed by atoms with van der Waals surface area (Å²) in [6.07, 6.45) is -1.41. The molecule has 34 heavy (non-hydrogen) atoms. The standard InChI is InChI=1S/C25H19F3N4O2/c1-24(2)22(33)32(20-10-9-18(13-29)21(12-20)25(26,27)28)23(34)31(24)15-16-5-7-17(8-6-16)19-4-3-11-30-14-19/h3-12,14H,15H2,1-2H3. The molecule has 0 bridgehead atoms. The zero-order valence-electron chi connectivity index (χ0n) is 18.3. The first-order chi connectivity index (χ1) is 16.0. The smallest absolute Gasteiger partial charge is 0.305 e. The van der Waals surface area contributed by atoms with Crippen LogP contribution in [-0.2, 0) is 17.5 Å². The van der Waals surface area contributed by atoms with E-state index in [0.717, 1.165) is 27.7 Å². The molecule has 6 nitrogen and oxygen atoms in total. The van der Waals surface area contributed by atoms with E-state index < -0.39 is 34.8 Å². The lowest BCUT2D eigenvalue weighted by molar-refractivity contribution is -0.137. The number of benzene rings is 2. The molecule has 0 saturated carbocycles. The number of rotatable bonds is 4. The van der Waals surface area contributed by atoms with Crippen molar-refractivity contribution >= 4 is 17.6 Å². The van der Waals surface area contributed by atoms with Gasteiger partial charge in [0.15, 0.2) is 0 Å². The van der Waals surface area contributed by atoms with Gasteiger partial charge in [0.25, 0.3) is 5.91 Å². The molecule has 1 fully saturated rings. The monoisotopic (exact) mass is 464 g/mol. The zero-order valence-corrected chi connectivity index (χ0v) is 18.3. The van der Waals surface area contributed by atoms with Crippen LogP contribution in [0.15, 0.2) is 67.0 Å². The number of alkyl halides is 3. The highest BCUT2D eigenvalue weighted by atomic mass is 19.4. The summed E-state index contributed by atoms with van der Waals surface area (Å²) >= 11 is 0. The highest BCUT2D eigenvalue weighted by molar-refractivity contribution is 6.23. The number of hydrogen-bond donors (Lipinski definition) is 0. The van der Waals surface area contributed by atoms with E-state index in [-0.39, 0.29) is 12.2 Å². The van der Waals surface area contributed by atoms with E-state index in [1.807, 2.05) is 36.4 Å². The molecule has 9 heteroatoms. The van der Waals surface area contributed by atoms with Crippen LogP contribution >= 0.6 is 0 Å². The van der Waals surface area contributed by atoms with Gasteiger partial charge in [-0.1, -0.05) is 30.3 Å². The second-order valence-electron chi connectivity index (χ2n) is 8.35. The SMILES string of the molecule is CC1(C)C(=O)N(c2ccc(C#N)c(C(F)(F)F)c2)C(=O)N1Cc1ccc(-c2cccnc2)cc1. The number of urea groups is 1. The number of aromatic nitrogens is 1. The van der Waals surface area contributed by atoms with Crippen molar-refractivity contribution < 1.29 is 22.8 Å². The number of halogens is 3. The second kappa shape index (κ2) is 8.30. The third-order valence-corrected chi connectivity index (χ3v) is 5.80. The topological polar surface area (TPSA) is 77.3 Å². The Hall–Kier alpha value is -4.19. The van der Waals surface area contributed by atoms with Crippen LogP contribution in [0.3, 0.4) is 0 Å². The van der Waals surface area contributed by atoms with Crippen molar-refractivity contribution in [3.05, 3.63) is 83.7 Å². The summed E-state index contributed by atoms with van der Waals surface area (Å²) in [7, 11) is 0. The molecule has 0 spiro atoms. The molecule has 2 aromatic carbocycles. The Kier molecular flexibility index (Phi) is 5.61. The molecule has 1 aliphatic heterocycles. The Bertz CT molecular complexity index is 1300. The van der Waals surface area contributed by atoms with Crippen molar-refractivity contribution in [2.24, 2.45) is 0 Å². The van der Waals surface area contributed by atoms with Gasteiger partial charge in [-0.05, 0) is 54.8 Å². The number of nitrogens with zero attached hydrogens (tertiary/aromatic N) is 4. The number of carbonyl (C=O) groups excluding carboxylic acids is 2. The maximum atomic E-state index is 13.4. The Morgan fingerprint density at radius 1 is 1.03 bits per heavy atom. The van der Waals surface area contributed by atoms with E-state index in [1.165, 1.54) is 17.0 Å². The summed E-state index contributed by atoms with van der Waals surface area (Å²) in [6.45, 7) is 3.18. The molecule has 3 amide bonds. The van der Waals surface area contributed by atoms with E-state index in [1.54, 1.807) is 26.2 Å². The van der Waals surface area contributed by atoms with Crippen LogP contribution in [0.5, 0.6) is 0 Å². The van der Waals surface area contributed by atoms with Crippen LogP contribution in [0.1, 0.15) is 30.5 Å². The number of carbonyl (C=O) groups is 2. The van der Waals surface area contributed by atoms with Gasteiger partial charge in [0, 0.05) is 18.9 Å². The fraction of sp³-hybridized carbons (Fsp3) is 0.200. The van der Waals surface area contributed by atoms with Gasteiger partial charge in [0.05, 0.1) is 22.9 Å². The lowest BCUT2D eigenvalue weighted by atomic mass is 10.0. The predicted molar refractivity (Wildman–Crippen MR) is 118 cm³/mol. The first-order valence-corrected chi connectivity index (χ1v) is 10.3. The molecule has 1 saturated heterocycles. The molecule has 1 aromatic heterocycles. The van der Waals surface area contributed by atoms with Gasteiger partial charge in [0.1, 0.15) is 5.54 Å². The molecule has 0 atom stereocenters. The van der Waals surface area contributed by atoms with E-state index in [2.05, 4.69) is 4.98 Å². The first-order valence-electron chi connectivity index (χ1n) is 10.3. The minimum absolute atomic E-state index is 0.0871. The van der Waals surface area contributed by atoms with Crippen molar-refractivity contribution in [2.75, 3.05) is 4.90 Å². The van der Waals surface area contributed by atoms with E-state index >= 15 is 0 Å². The Morgan fingerprint density at radius 2 is 1.74 bits per heavy atom. The number of imide groups is 1. The zero-order chi connectivity index (χ0) is 24.7. The third-order valence-electron chi connectivity index (χ3n) is 5.80. The van der Waals surface area contributed by atoms with Crippen LogP contribution in [-0.4, -0.2) is 27.4 Å². The average Bonchev–Trinajstić information content (AvgIpc) is 2.98. The van der Waals surface area contributed by atoms with E-state index in [9.17, 15) is 22.8 Å². The van der Waals surface area contributed by atoms with Crippen LogP contribution in [0.4, 0.5) is 23.7 Å². The molecule has 0 radical (unpaired) electrons. The van der Waals surface area contributed by atoms with Crippen LogP contribution in [0, 0.1) is 11.3 Å². The third kappa shape index (κ3) is 3.99. The van der Waals surface area contributed by atoms with Crippen LogP contribution < -0.4 is 4.90 Å². The van der Waals surface area contributed by atoms with Crippen molar-refractivity contribution in [3.8, 4) is 17.2 Å². The summed E-state index contributed by atoms with van der Waals surface area (Å²) in [5.41, 5.74) is -0.697. The highest BCUT2D eigenvalue weighted by Gasteiger charge is 2.52. The molecule has 1 aliphatic rings. The number of amides is 3. The fourth-order valence-electron chi connectivity index (χ4n) is 3.85. The maximum Gasteiger partial charge on any atom is 0.417 e. The van der Waals surface area contributed by atoms with Crippen molar-refractivity contribution in [3.63, 3.8) is 0 Å². The molecule has 172 valence electrons. The van der Waals surface area contributed by atoms with Gasteiger partial charge in [0.2, 0.25) is 0 Å². The molecule has 0 N–H and O–H groups in total. The molecule has 2 heterocycles. The van der Waals surface area contributed by atoms with E-state index in [4.69, 9.17) is 5.26 Å². The Labute approximate surface area is 193 Å². The van der Waals surface area contributed by atoms with Gasteiger partial charge in [-0.25, -0.2) is 9.69 Å². The Balaban J connectivity index is 1.64. The van der Waals surface area contributed by atoms with Crippen molar-refractivity contribution in [1.29, 1.82) is 5.26 Å². The predicted octanol–water partition coefficient (Wildman–Crippen LogP) is 5.39. The largest absolute Gasteiger partial charge is 0.417 e. The minimum Gasteiger partial charge on any atom is -0.305 e. The molecule has 0 aliphatic carbocycles. The maximum absolute atomic E-state index is 13.4. The summed E-state index contributed by atoms with van der Waals surface area (Å²) in [5, 5.41) is 9.01. The Morgan fingerprint density at radius 3 is 2.32 bits per heavy atom. The normalized spacial score (nSPS) is 15.5. The number of pyridine rings is 1. The molecule has 4 rings (SSSR count). The van der Waals surface area contributed by atoms with Gasteiger partial charge >= 0.3 is 12.2 Å². The number of nitriles is 1. The highest BCUT2D eigenvalue weighted by Crippen LogP contribution is 2.38. The van der Waals surface area contributed by atoms with Crippen LogP contribution in [0.25, 0.3) is 11.1 Å². The second-order valence-corrected chi connectivity index (χ2v) is 8.35. The molecular weight excluding hydrogens is 445 g/mol. The quantitative estimate of drug-likeness (QED) is 0.486. The summed E-state index contributed by atoms with van der Waals surface area (Å²) in [4.78, 5) is 32.5. The van der Waals surface area contributed by atoms with Crippen molar-refractivity contribution in [1.82, 2.24) is 9.88 Å². The molecular formula is C25H19F3N4O2. The lowest BCUT2D eigenvalue weighted by Gasteiger charge is -2.27. The lowest BCUT2D eigenvalue weighted by Crippen LogP contribution is -2.43. The summed E-state index contributed by atoms with van der Waals surface area (Å²) < 4.78 is 40.2. The van der Waals surface area contributed by atoms with Gasteiger partial charge in [-0.2, -0.15) is 18.4 Å². The number of anilines is 1. The van der Waals surface area contributed by atoms with Crippen LogP contribution in [0.2, 0.25) is 0 Å². The van der Waals surface area contributed by atoms with Crippen molar-refractivity contribution in [2.45, 2.75) is 32.1 Å². The average molecular weight is 464 g/mol.